The fraction of sp³-hybridized carbons (Fsp3) is 0.571. The van der Waals surface area contributed by atoms with Gasteiger partial charge in [0.05, 0.1) is 6.54 Å². The van der Waals surface area contributed by atoms with Crippen LogP contribution in [0.1, 0.15) is 53.5 Å². The van der Waals surface area contributed by atoms with Gasteiger partial charge in [0.1, 0.15) is 11.6 Å². The third-order valence-electron chi connectivity index (χ3n) is 5.97. The zero-order chi connectivity index (χ0) is 18.8. The molecule has 0 atom stereocenters. The standard InChI is InChI=1S/C21H29N5O.ClH/c1-15-3-4-17(16(2)13-15)5-6-20(27)25-10-7-18(8-11-25)21-24-23-19-14-22-9-12-26(19)21;/h3-4,13,18,22H,5-12,14H2,1-2H3;1H. The zero-order valence-corrected chi connectivity index (χ0v) is 17.6. The fourth-order valence-electron chi connectivity index (χ4n) is 4.33. The summed E-state index contributed by atoms with van der Waals surface area (Å²) in [6, 6.07) is 6.49. The van der Waals surface area contributed by atoms with E-state index >= 15 is 0 Å². The van der Waals surface area contributed by atoms with Crippen molar-refractivity contribution in [1.82, 2.24) is 25.0 Å². The number of halogens is 1. The van der Waals surface area contributed by atoms with Gasteiger partial charge in [-0.2, -0.15) is 0 Å². The highest BCUT2D eigenvalue weighted by atomic mass is 35.5. The highest BCUT2D eigenvalue weighted by Crippen LogP contribution is 2.28. The van der Waals surface area contributed by atoms with E-state index in [0.29, 0.717) is 12.3 Å². The van der Waals surface area contributed by atoms with Crippen molar-refractivity contribution in [2.45, 2.75) is 58.5 Å². The number of piperidine rings is 1. The van der Waals surface area contributed by atoms with Crippen LogP contribution in [0.2, 0.25) is 0 Å². The summed E-state index contributed by atoms with van der Waals surface area (Å²) in [6.07, 6.45) is 3.40. The first-order valence-electron chi connectivity index (χ1n) is 10.1. The lowest BCUT2D eigenvalue weighted by Gasteiger charge is -2.32. The Morgan fingerprint density at radius 2 is 1.96 bits per heavy atom. The summed E-state index contributed by atoms with van der Waals surface area (Å²) >= 11 is 0. The average Bonchev–Trinajstić information content (AvgIpc) is 3.11. The van der Waals surface area contributed by atoms with Gasteiger partial charge >= 0.3 is 0 Å². The number of fused-ring (bicyclic) bond motifs is 1. The van der Waals surface area contributed by atoms with Gasteiger partial charge < -0.3 is 14.8 Å². The number of likely N-dealkylation sites (tertiary alicyclic amines) is 1. The molecule has 0 bridgehead atoms. The number of carbonyl (C=O) groups excluding carboxylic acids is 1. The Bertz CT molecular complexity index is 826. The van der Waals surface area contributed by atoms with Crippen LogP contribution < -0.4 is 5.32 Å². The van der Waals surface area contributed by atoms with Crippen LogP contribution in [0, 0.1) is 13.8 Å². The molecule has 7 heteroatoms. The third kappa shape index (κ3) is 4.39. The van der Waals surface area contributed by atoms with Gasteiger partial charge in [0.15, 0.2) is 0 Å². The number of aryl methyl sites for hydroxylation is 3. The number of aromatic nitrogens is 3. The highest BCUT2D eigenvalue weighted by molar-refractivity contribution is 5.85. The molecule has 28 heavy (non-hydrogen) atoms. The molecule has 1 amide bonds. The average molecular weight is 404 g/mol. The maximum atomic E-state index is 12.7. The molecular weight excluding hydrogens is 374 g/mol. The van der Waals surface area contributed by atoms with Crippen LogP contribution in [0.3, 0.4) is 0 Å². The summed E-state index contributed by atoms with van der Waals surface area (Å²) in [6.45, 7) is 8.64. The Morgan fingerprint density at radius 1 is 1.18 bits per heavy atom. The largest absolute Gasteiger partial charge is 0.343 e. The predicted molar refractivity (Wildman–Crippen MR) is 112 cm³/mol. The van der Waals surface area contributed by atoms with Crippen molar-refractivity contribution in [2.24, 2.45) is 0 Å². The minimum atomic E-state index is 0. The van der Waals surface area contributed by atoms with Crippen molar-refractivity contribution in [1.29, 1.82) is 0 Å². The first-order chi connectivity index (χ1) is 13.1. The van der Waals surface area contributed by atoms with E-state index in [-0.39, 0.29) is 18.3 Å². The summed E-state index contributed by atoms with van der Waals surface area (Å²) in [7, 11) is 0. The molecular formula is C21H30ClN5O. The van der Waals surface area contributed by atoms with Crippen molar-refractivity contribution in [3.63, 3.8) is 0 Å². The number of hydrogen-bond acceptors (Lipinski definition) is 4. The maximum absolute atomic E-state index is 12.7. The van der Waals surface area contributed by atoms with Gasteiger partial charge in [0.2, 0.25) is 5.91 Å². The van der Waals surface area contributed by atoms with Crippen LogP contribution in [0.15, 0.2) is 18.2 Å². The van der Waals surface area contributed by atoms with Crippen LogP contribution in [-0.4, -0.2) is 45.2 Å². The minimum Gasteiger partial charge on any atom is -0.343 e. The summed E-state index contributed by atoms with van der Waals surface area (Å²) < 4.78 is 2.28. The van der Waals surface area contributed by atoms with Crippen molar-refractivity contribution < 1.29 is 4.79 Å². The van der Waals surface area contributed by atoms with E-state index in [0.717, 1.165) is 63.6 Å². The Balaban J connectivity index is 0.00000225. The molecule has 0 unspecified atom stereocenters. The van der Waals surface area contributed by atoms with E-state index in [2.05, 4.69) is 52.1 Å². The van der Waals surface area contributed by atoms with Crippen molar-refractivity contribution >= 4 is 18.3 Å². The van der Waals surface area contributed by atoms with Gasteiger partial charge in [0.25, 0.3) is 0 Å². The van der Waals surface area contributed by atoms with E-state index in [9.17, 15) is 4.79 Å². The summed E-state index contributed by atoms with van der Waals surface area (Å²) in [4.78, 5) is 14.7. The molecule has 0 radical (unpaired) electrons. The molecule has 2 aliphatic rings. The number of rotatable bonds is 4. The van der Waals surface area contributed by atoms with E-state index in [1.165, 1.54) is 16.7 Å². The Morgan fingerprint density at radius 3 is 2.71 bits per heavy atom. The molecule has 0 spiro atoms. The topological polar surface area (TPSA) is 63.1 Å². The monoisotopic (exact) mass is 403 g/mol. The molecule has 0 saturated carbocycles. The second-order valence-corrected chi connectivity index (χ2v) is 7.89. The Hall–Kier alpha value is -1.92. The van der Waals surface area contributed by atoms with Gasteiger partial charge in [0, 0.05) is 38.5 Å². The molecule has 3 heterocycles. The van der Waals surface area contributed by atoms with Crippen LogP contribution in [-0.2, 0) is 24.3 Å². The number of amides is 1. The lowest BCUT2D eigenvalue weighted by molar-refractivity contribution is -0.132. The molecule has 2 aromatic rings. The second-order valence-electron chi connectivity index (χ2n) is 7.89. The van der Waals surface area contributed by atoms with Crippen LogP contribution in [0.25, 0.3) is 0 Å². The summed E-state index contributed by atoms with van der Waals surface area (Å²) in [5.74, 6) is 2.87. The third-order valence-corrected chi connectivity index (χ3v) is 5.97. The molecule has 152 valence electrons. The van der Waals surface area contributed by atoms with Crippen molar-refractivity contribution in [3.8, 4) is 0 Å². The van der Waals surface area contributed by atoms with Gasteiger partial charge in [-0.05, 0) is 44.2 Å². The normalized spacial score (nSPS) is 17.1. The first-order valence-corrected chi connectivity index (χ1v) is 10.1. The van der Waals surface area contributed by atoms with Crippen LogP contribution in [0.5, 0.6) is 0 Å². The van der Waals surface area contributed by atoms with E-state index in [1.54, 1.807) is 0 Å². The number of carbonyl (C=O) groups is 1. The SMILES string of the molecule is Cc1ccc(CCC(=O)N2CCC(c3nnc4n3CCNC4)CC2)c(C)c1.Cl. The van der Waals surface area contributed by atoms with E-state index in [1.807, 2.05) is 4.90 Å². The smallest absolute Gasteiger partial charge is 0.222 e. The first kappa shape index (κ1) is 20.8. The maximum Gasteiger partial charge on any atom is 0.222 e. The number of nitrogens with zero attached hydrogens (tertiary/aromatic N) is 4. The quantitative estimate of drug-likeness (QED) is 0.852. The summed E-state index contributed by atoms with van der Waals surface area (Å²) in [5, 5.41) is 12.1. The van der Waals surface area contributed by atoms with Gasteiger partial charge in [-0.15, -0.1) is 22.6 Å². The number of benzene rings is 1. The Labute approximate surface area is 173 Å². The molecule has 1 aromatic carbocycles. The van der Waals surface area contributed by atoms with Gasteiger partial charge in [-0.3, -0.25) is 4.79 Å². The predicted octanol–water partition coefficient (Wildman–Crippen LogP) is 2.76. The molecule has 6 nitrogen and oxygen atoms in total. The van der Waals surface area contributed by atoms with Crippen LogP contribution >= 0.6 is 12.4 Å². The number of hydrogen-bond donors (Lipinski definition) is 1. The summed E-state index contributed by atoms with van der Waals surface area (Å²) in [5.41, 5.74) is 3.84. The minimum absolute atomic E-state index is 0. The molecule has 1 fully saturated rings. The van der Waals surface area contributed by atoms with E-state index < -0.39 is 0 Å². The zero-order valence-electron chi connectivity index (χ0n) is 16.8. The molecule has 4 rings (SSSR count). The highest BCUT2D eigenvalue weighted by Gasteiger charge is 2.28. The molecule has 1 N–H and O–H groups in total. The van der Waals surface area contributed by atoms with Gasteiger partial charge in [-0.1, -0.05) is 23.8 Å². The number of nitrogens with one attached hydrogen (secondary N) is 1. The van der Waals surface area contributed by atoms with Crippen molar-refractivity contribution in [3.05, 3.63) is 46.5 Å². The van der Waals surface area contributed by atoms with Gasteiger partial charge in [-0.25, -0.2) is 0 Å². The lowest BCUT2D eigenvalue weighted by atomic mass is 9.95. The molecule has 1 aromatic heterocycles. The fourth-order valence-corrected chi connectivity index (χ4v) is 4.33. The molecule has 2 aliphatic heterocycles. The van der Waals surface area contributed by atoms with Crippen LogP contribution in [0.4, 0.5) is 0 Å². The van der Waals surface area contributed by atoms with E-state index in [4.69, 9.17) is 0 Å². The molecule has 0 aliphatic carbocycles. The Kier molecular flexibility index (Phi) is 6.73. The lowest BCUT2D eigenvalue weighted by Crippen LogP contribution is -2.39. The van der Waals surface area contributed by atoms with Crippen molar-refractivity contribution in [2.75, 3.05) is 19.6 Å². The molecule has 1 saturated heterocycles. The second kappa shape index (κ2) is 9.05.